The van der Waals surface area contributed by atoms with Gasteiger partial charge in [-0.15, -0.1) is 0 Å². The number of para-hydroxylation sites is 2. The van der Waals surface area contributed by atoms with Crippen LogP contribution in [0.15, 0.2) is 72.8 Å². The highest BCUT2D eigenvalue weighted by atomic mass is 19.4. The Morgan fingerprint density at radius 2 is 1.57 bits per heavy atom. The Balaban J connectivity index is 0.000000676. The average Bonchev–Trinajstić information content (AvgIpc) is 3.05. The monoisotopic (exact) mass is 613 g/mol. The zero-order chi connectivity index (χ0) is 32.7. The summed E-state index contributed by atoms with van der Waals surface area (Å²) in [5, 5.41) is 12.7. The highest BCUT2D eigenvalue weighted by Gasteiger charge is 2.38. The van der Waals surface area contributed by atoms with Crippen LogP contribution < -0.4 is 27.0 Å². The third-order valence-electron chi connectivity index (χ3n) is 6.53. The van der Waals surface area contributed by atoms with E-state index in [9.17, 15) is 27.6 Å². The average molecular weight is 614 g/mol. The number of anilines is 2. The second-order valence-electron chi connectivity index (χ2n) is 10.9. The lowest BCUT2D eigenvalue weighted by Crippen LogP contribution is -2.49. The van der Waals surface area contributed by atoms with Gasteiger partial charge in [-0.1, -0.05) is 60.7 Å². The Morgan fingerprint density at radius 3 is 2.16 bits per heavy atom. The van der Waals surface area contributed by atoms with Gasteiger partial charge in [0.2, 0.25) is 11.8 Å². The first-order chi connectivity index (χ1) is 20.5. The van der Waals surface area contributed by atoms with Gasteiger partial charge >= 0.3 is 18.2 Å². The molecular weight excluding hydrogens is 579 g/mol. The molecule has 0 aliphatic carbocycles. The smallest absolute Gasteiger partial charge is 0.475 e. The normalized spacial score (nSPS) is 14.8. The molecule has 0 fully saturated rings. The first-order valence-electron chi connectivity index (χ1n) is 13.6. The van der Waals surface area contributed by atoms with E-state index in [4.69, 9.17) is 21.4 Å². The lowest BCUT2D eigenvalue weighted by atomic mass is 10.0. The van der Waals surface area contributed by atoms with E-state index in [0.717, 1.165) is 27.9 Å². The minimum atomic E-state index is -5.08. The first-order valence-corrected chi connectivity index (χ1v) is 13.6. The first kappa shape index (κ1) is 33.6. The fourth-order valence-corrected chi connectivity index (χ4v) is 4.62. The molecule has 0 spiro atoms. The van der Waals surface area contributed by atoms with Crippen molar-refractivity contribution in [1.29, 1.82) is 0 Å². The SMILES string of the molecule is CC(C)(N)CC(=O)N[C@@H]1CCc2ccccc2N(Cc2ccc(-c3ccccc3NC(N)=O)cc2)C1=O.O=C(O)C(F)(F)F. The molecule has 44 heavy (non-hydrogen) atoms. The minimum Gasteiger partial charge on any atom is -0.475 e. The number of alkyl halides is 3. The number of amides is 4. The van der Waals surface area contributed by atoms with Crippen molar-refractivity contribution in [3.05, 3.63) is 83.9 Å². The van der Waals surface area contributed by atoms with Gasteiger partial charge in [0.1, 0.15) is 6.04 Å². The second kappa shape index (κ2) is 14.0. The van der Waals surface area contributed by atoms with E-state index in [0.29, 0.717) is 25.1 Å². The Morgan fingerprint density at radius 1 is 0.977 bits per heavy atom. The number of benzene rings is 3. The van der Waals surface area contributed by atoms with Gasteiger partial charge in [0.05, 0.1) is 12.2 Å². The number of hydrogen-bond donors (Lipinski definition) is 5. The lowest BCUT2D eigenvalue weighted by molar-refractivity contribution is -0.192. The third-order valence-corrected chi connectivity index (χ3v) is 6.53. The number of halogens is 3. The number of nitrogens with two attached hydrogens (primary N) is 2. The van der Waals surface area contributed by atoms with Crippen molar-refractivity contribution in [1.82, 2.24) is 5.32 Å². The summed E-state index contributed by atoms with van der Waals surface area (Å²) in [6.45, 7) is 3.93. The maximum absolute atomic E-state index is 13.7. The molecular formula is C31H34F3N5O5. The highest BCUT2D eigenvalue weighted by Crippen LogP contribution is 2.31. The number of aryl methyl sites for hydroxylation is 1. The van der Waals surface area contributed by atoms with E-state index in [1.54, 1.807) is 24.8 Å². The van der Waals surface area contributed by atoms with Gasteiger partial charge in [-0.2, -0.15) is 13.2 Å². The van der Waals surface area contributed by atoms with Crippen molar-refractivity contribution in [3.63, 3.8) is 0 Å². The summed E-state index contributed by atoms with van der Waals surface area (Å²) in [6.07, 6.45) is -3.75. The molecule has 1 heterocycles. The summed E-state index contributed by atoms with van der Waals surface area (Å²) in [6, 6.07) is 21.8. The summed E-state index contributed by atoms with van der Waals surface area (Å²) in [5.41, 5.74) is 15.9. The van der Waals surface area contributed by atoms with Gasteiger partial charge in [-0.3, -0.25) is 9.59 Å². The molecule has 1 aliphatic rings. The minimum absolute atomic E-state index is 0.136. The number of nitrogens with zero attached hydrogens (tertiary/aromatic N) is 1. The number of fused-ring (bicyclic) bond motifs is 1. The number of rotatable bonds is 7. The van der Waals surface area contributed by atoms with E-state index in [1.165, 1.54) is 0 Å². The molecule has 0 saturated carbocycles. The van der Waals surface area contributed by atoms with E-state index in [1.807, 2.05) is 66.7 Å². The molecule has 3 aromatic carbocycles. The number of urea groups is 1. The largest absolute Gasteiger partial charge is 0.490 e. The van der Waals surface area contributed by atoms with Crippen LogP contribution in [0.25, 0.3) is 11.1 Å². The quantitative estimate of drug-likeness (QED) is 0.262. The molecule has 4 rings (SSSR count). The van der Waals surface area contributed by atoms with Crippen LogP contribution in [0, 0.1) is 0 Å². The van der Waals surface area contributed by atoms with Crippen LogP contribution in [0.3, 0.4) is 0 Å². The maximum Gasteiger partial charge on any atom is 0.490 e. The zero-order valence-electron chi connectivity index (χ0n) is 24.1. The Kier molecular flexibility index (Phi) is 10.7. The standard InChI is InChI=1S/C29H33N5O3.C2HF3O2/c1-29(2,31)17-26(35)32-24-16-15-21-7-3-6-10-25(21)34(27(24)36)18-19-11-13-20(14-12-19)22-8-4-5-9-23(22)33-28(30)37;3-2(4,5)1(6)7/h3-14,24H,15-18,31H2,1-2H3,(H,32,35)(H3,30,33,37);(H,6,7)/t24-;/m1./s1. The number of carboxylic acids is 1. The molecule has 1 aliphatic heterocycles. The summed E-state index contributed by atoms with van der Waals surface area (Å²) in [5.74, 6) is -3.13. The second-order valence-corrected chi connectivity index (χ2v) is 10.9. The Hall–Kier alpha value is -4.91. The third kappa shape index (κ3) is 9.56. The Labute approximate surface area is 252 Å². The molecule has 3 aromatic rings. The van der Waals surface area contributed by atoms with Crippen molar-refractivity contribution < 1.29 is 37.5 Å². The van der Waals surface area contributed by atoms with Gasteiger partial charge in [0.15, 0.2) is 0 Å². The fourth-order valence-electron chi connectivity index (χ4n) is 4.62. The van der Waals surface area contributed by atoms with Gasteiger partial charge in [0.25, 0.3) is 0 Å². The van der Waals surface area contributed by atoms with Gasteiger partial charge in [0, 0.05) is 23.2 Å². The molecule has 0 unspecified atom stereocenters. The maximum atomic E-state index is 13.7. The molecule has 234 valence electrons. The molecule has 0 aromatic heterocycles. The van der Waals surface area contributed by atoms with Gasteiger partial charge in [-0.05, 0) is 55.5 Å². The van der Waals surface area contributed by atoms with Crippen molar-refractivity contribution in [3.8, 4) is 11.1 Å². The van der Waals surface area contributed by atoms with E-state index in [2.05, 4.69) is 10.6 Å². The molecule has 10 nitrogen and oxygen atoms in total. The number of primary amides is 1. The number of aliphatic carboxylic acids is 1. The van der Waals surface area contributed by atoms with E-state index in [-0.39, 0.29) is 18.2 Å². The van der Waals surface area contributed by atoms with Crippen LogP contribution in [0.1, 0.15) is 37.8 Å². The molecule has 1 atom stereocenters. The summed E-state index contributed by atoms with van der Waals surface area (Å²) in [7, 11) is 0. The number of carbonyl (C=O) groups excluding carboxylic acids is 3. The fraction of sp³-hybridized carbons (Fsp3) is 0.290. The van der Waals surface area contributed by atoms with Gasteiger partial charge < -0.3 is 32.1 Å². The molecule has 7 N–H and O–H groups in total. The van der Waals surface area contributed by atoms with E-state index < -0.39 is 29.8 Å². The van der Waals surface area contributed by atoms with Gasteiger partial charge in [-0.25, -0.2) is 9.59 Å². The molecule has 13 heteroatoms. The van der Waals surface area contributed by atoms with Crippen molar-refractivity contribution >= 4 is 35.2 Å². The molecule has 0 radical (unpaired) electrons. The lowest BCUT2D eigenvalue weighted by Gasteiger charge is -2.27. The van der Waals surface area contributed by atoms with Crippen LogP contribution in [0.2, 0.25) is 0 Å². The highest BCUT2D eigenvalue weighted by molar-refractivity contribution is 6.00. The van der Waals surface area contributed by atoms with Crippen LogP contribution in [-0.2, 0) is 27.3 Å². The summed E-state index contributed by atoms with van der Waals surface area (Å²) < 4.78 is 31.7. The van der Waals surface area contributed by atoms with Crippen LogP contribution in [0.4, 0.5) is 29.3 Å². The molecule has 0 saturated heterocycles. The van der Waals surface area contributed by atoms with Crippen molar-refractivity contribution in [2.45, 2.75) is 57.4 Å². The number of nitrogens with one attached hydrogen (secondary N) is 2. The van der Waals surface area contributed by atoms with E-state index >= 15 is 0 Å². The van der Waals surface area contributed by atoms with Crippen molar-refractivity contribution in [2.24, 2.45) is 11.5 Å². The predicted molar refractivity (Wildman–Crippen MR) is 160 cm³/mol. The van der Waals surface area contributed by atoms with Crippen LogP contribution in [0.5, 0.6) is 0 Å². The Bertz CT molecular complexity index is 1500. The van der Waals surface area contributed by atoms with Crippen molar-refractivity contribution in [2.75, 3.05) is 10.2 Å². The molecule has 0 bridgehead atoms. The molecule has 4 amide bonds. The topological polar surface area (TPSA) is 168 Å². The number of hydrogen-bond acceptors (Lipinski definition) is 5. The van der Waals surface area contributed by atoms with Crippen LogP contribution in [-0.4, -0.2) is 46.7 Å². The number of carboxylic acid groups (broad SMARTS) is 1. The zero-order valence-corrected chi connectivity index (χ0v) is 24.1. The summed E-state index contributed by atoms with van der Waals surface area (Å²) in [4.78, 5) is 48.3. The number of carbonyl (C=O) groups is 4. The van der Waals surface area contributed by atoms with Crippen LogP contribution >= 0.6 is 0 Å². The predicted octanol–water partition coefficient (Wildman–Crippen LogP) is 4.57. The summed E-state index contributed by atoms with van der Waals surface area (Å²) >= 11 is 0.